The van der Waals surface area contributed by atoms with Gasteiger partial charge in [-0.2, -0.15) is 0 Å². The van der Waals surface area contributed by atoms with Gasteiger partial charge in [-0.1, -0.05) is 29.3 Å². The lowest BCUT2D eigenvalue weighted by molar-refractivity contribution is 0.458. The second-order valence-electron chi connectivity index (χ2n) is 3.93. The number of hydrogen-bond acceptors (Lipinski definition) is 1. The lowest BCUT2D eigenvalue weighted by atomic mass is 10.2. The molecule has 0 spiro atoms. The highest BCUT2D eigenvalue weighted by Gasteiger charge is 2.19. The van der Waals surface area contributed by atoms with Crippen molar-refractivity contribution in [1.82, 2.24) is 0 Å². The second-order valence-corrected chi connectivity index (χ2v) is 4.78. The number of hydrogen-bond donors (Lipinski definition) is 1. The SMILES string of the molecule is Fc1cc(F)c(F)c(NCc2ccc(Cl)cc2Cl)c1F. The standard InChI is InChI=1S/C13H7Cl2F4N/c14-7-2-1-6(8(15)3-7)5-20-13-11(18)9(16)4-10(17)12(13)19/h1-4,20H,5H2. The molecule has 1 N–H and O–H groups in total. The fourth-order valence-electron chi connectivity index (χ4n) is 1.58. The Kier molecular flexibility index (Phi) is 4.40. The summed E-state index contributed by atoms with van der Waals surface area (Å²) in [5.41, 5.74) is -0.409. The van der Waals surface area contributed by atoms with Crippen LogP contribution in [0.4, 0.5) is 23.2 Å². The number of nitrogens with one attached hydrogen (secondary N) is 1. The zero-order valence-corrected chi connectivity index (χ0v) is 11.3. The first kappa shape index (κ1) is 14.9. The Hall–Kier alpha value is -1.46. The van der Waals surface area contributed by atoms with Gasteiger partial charge in [0.25, 0.3) is 0 Å². The van der Waals surface area contributed by atoms with Crippen molar-refractivity contribution in [3.8, 4) is 0 Å². The molecule has 1 nitrogen and oxygen atoms in total. The number of anilines is 1. The molecule has 0 aliphatic carbocycles. The molecule has 0 aliphatic heterocycles. The summed E-state index contributed by atoms with van der Waals surface area (Å²) >= 11 is 11.6. The first-order valence-corrected chi connectivity index (χ1v) is 6.16. The quantitative estimate of drug-likeness (QED) is 0.607. The molecule has 0 aromatic heterocycles. The van der Waals surface area contributed by atoms with Crippen LogP contribution in [-0.2, 0) is 6.54 Å². The van der Waals surface area contributed by atoms with Crippen molar-refractivity contribution in [3.63, 3.8) is 0 Å². The summed E-state index contributed by atoms with van der Waals surface area (Å²) in [6, 6.07) is 4.65. The van der Waals surface area contributed by atoms with Gasteiger partial charge in [0, 0.05) is 22.7 Å². The summed E-state index contributed by atoms with van der Waals surface area (Å²) in [6.45, 7) is -0.118. The smallest absolute Gasteiger partial charge is 0.185 e. The van der Waals surface area contributed by atoms with Crippen LogP contribution in [0, 0.1) is 23.3 Å². The lowest BCUT2D eigenvalue weighted by Crippen LogP contribution is -2.07. The topological polar surface area (TPSA) is 12.0 Å². The molecule has 20 heavy (non-hydrogen) atoms. The van der Waals surface area contributed by atoms with E-state index in [1.807, 2.05) is 0 Å². The highest BCUT2D eigenvalue weighted by Crippen LogP contribution is 2.26. The maximum atomic E-state index is 13.4. The van der Waals surface area contributed by atoms with Crippen LogP contribution < -0.4 is 5.32 Å². The van der Waals surface area contributed by atoms with Gasteiger partial charge in [0.1, 0.15) is 5.69 Å². The van der Waals surface area contributed by atoms with Crippen LogP contribution in [0.5, 0.6) is 0 Å². The van der Waals surface area contributed by atoms with Crippen LogP contribution in [0.25, 0.3) is 0 Å². The maximum Gasteiger partial charge on any atom is 0.185 e. The van der Waals surface area contributed by atoms with Crippen molar-refractivity contribution < 1.29 is 17.6 Å². The molecule has 0 saturated carbocycles. The van der Waals surface area contributed by atoms with Gasteiger partial charge in [-0.05, 0) is 17.7 Å². The Bertz CT molecular complexity index is 635. The van der Waals surface area contributed by atoms with Crippen molar-refractivity contribution in [1.29, 1.82) is 0 Å². The molecule has 0 atom stereocenters. The Morgan fingerprint density at radius 2 is 1.50 bits per heavy atom. The van der Waals surface area contributed by atoms with E-state index < -0.39 is 29.0 Å². The van der Waals surface area contributed by atoms with Crippen molar-refractivity contribution in [2.24, 2.45) is 0 Å². The lowest BCUT2D eigenvalue weighted by Gasteiger charge is -2.11. The first-order valence-electron chi connectivity index (χ1n) is 5.41. The van der Waals surface area contributed by atoms with E-state index >= 15 is 0 Å². The third-order valence-electron chi connectivity index (χ3n) is 2.58. The van der Waals surface area contributed by atoms with E-state index in [1.54, 1.807) is 0 Å². The minimum absolute atomic E-state index is 0.118. The van der Waals surface area contributed by atoms with Crippen molar-refractivity contribution in [2.45, 2.75) is 6.54 Å². The zero-order chi connectivity index (χ0) is 14.9. The number of halogens is 6. The highest BCUT2D eigenvalue weighted by atomic mass is 35.5. The minimum atomic E-state index is -1.49. The molecule has 0 radical (unpaired) electrons. The monoisotopic (exact) mass is 323 g/mol. The maximum absolute atomic E-state index is 13.4. The fourth-order valence-corrected chi connectivity index (χ4v) is 2.05. The molecule has 0 saturated heterocycles. The van der Waals surface area contributed by atoms with E-state index in [9.17, 15) is 17.6 Å². The number of rotatable bonds is 3. The third-order valence-corrected chi connectivity index (χ3v) is 3.17. The van der Waals surface area contributed by atoms with Crippen LogP contribution in [0.2, 0.25) is 10.0 Å². The Morgan fingerprint density at radius 1 is 0.900 bits per heavy atom. The van der Waals surface area contributed by atoms with Gasteiger partial charge in [-0.25, -0.2) is 17.6 Å². The Balaban J connectivity index is 2.27. The molecule has 0 heterocycles. The van der Waals surface area contributed by atoms with Gasteiger partial charge >= 0.3 is 0 Å². The van der Waals surface area contributed by atoms with Crippen molar-refractivity contribution in [3.05, 3.63) is 63.1 Å². The van der Waals surface area contributed by atoms with Crippen LogP contribution in [0.3, 0.4) is 0 Å². The summed E-state index contributed by atoms with van der Waals surface area (Å²) in [5, 5.41) is 2.94. The molecule has 0 unspecified atom stereocenters. The first-order chi connectivity index (χ1) is 9.40. The molecule has 7 heteroatoms. The van der Waals surface area contributed by atoms with Crippen LogP contribution in [-0.4, -0.2) is 0 Å². The molecule has 0 aliphatic rings. The Morgan fingerprint density at radius 3 is 2.05 bits per heavy atom. The molecular formula is C13H7Cl2F4N. The van der Waals surface area contributed by atoms with Crippen molar-refractivity contribution >= 4 is 28.9 Å². The molecule has 106 valence electrons. The Labute approximate surface area is 122 Å². The van der Waals surface area contributed by atoms with E-state index in [2.05, 4.69) is 5.32 Å². The summed E-state index contributed by atoms with van der Waals surface area (Å²) in [5.74, 6) is -5.94. The van der Waals surface area contributed by atoms with Crippen LogP contribution >= 0.6 is 23.2 Å². The predicted molar refractivity (Wildman–Crippen MR) is 70.1 cm³/mol. The van der Waals surface area contributed by atoms with Crippen molar-refractivity contribution in [2.75, 3.05) is 5.32 Å². The van der Waals surface area contributed by atoms with Gasteiger partial charge < -0.3 is 5.32 Å². The van der Waals surface area contributed by atoms with E-state index in [4.69, 9.17) is 23.2 Å². The van der Waals surface area contributed by atoms with Gasteiger partial charge in [0.2, 0.25) is 0 Å². The molecule has 2 rings (SSSR count). The highest BCUT2D eigenvalue weighted by molar-refractivity contribution is 6.35. The fraction of sp³-hybridized carbons (Fsp3) is 0.0769. The summed E-state index contributed by atoms with van der Waals surface area (Å²) < 4.78 is 52.8. The minimum Gasteiger partial charge on any atom is -0.376 e. The second kappa shape index (κ2) is 5.89. The average molecular weight is 324 g/mol. The summed E-state index contributed by atoms with van der Waals surface area (Å²) in [6.07, 6.45) is 0. The van der Waals surface area contributed by atoms with Crippen LogP contribution in [0.1, 0.15) is 5.56 Å². The summed E-state index contributed by atoms with van der Waals surface area (Å²) in [7, 11) is 0. The molecular weight excluding hydrogens is 317 g/mol. The third kappa shape index (κ3) is 2.99. The normalized spacial score (nSPS) is 10.7. The molecule has 0 amide bonds. The molecule has 0 bridgehead atoms. The van der Waals surface area contributed by atoms with Gasteiger partial charge in [0.05, 0.1) is 0 Å². The van der Waals surface area contributed by atoms with Gasteiger partial charge in [-0.15, -0.1) is 0 Å². The van der Waals surface area contributed by atoms with E-state index in [-0.39, 0.29) is 17.6 Å². The predicted octanol–water partition coefficient (Wildman–Crippen LogP) is 5.16. The number of benzene rings is 2. The summed E-state index contributed by atoms with van der Waals surface area (Å²) in [4.78, 5) is 0. The van der Waals surface area contributed by atoms with E-state index in [0.717, 1.165) is 0 Å². The van der Waals surface area contributed by atoms with Crippen LogP contribution in [0.15, 0.2) is 24.3 Å². The van der Waals surface area contributed by atoms with Gasteiger partial charge in [0.15, 0.2) is 23.3 Å². The zero-order valence-electron chi connectivity index (χ0n) is 9.78. The largest absolute Gasteiger partial charge is 0.376 e. The average Bonchev–Trinajstić information content (AvgIpc) is 2.38. The van der Waals surface area contributed by atoms with E-state index in [0.29, 0.717) is 10.6 Å². The molecule has 0 fully saturated rings. The molecule has 2 aromatic rings. The molecule has 2 aromatic carbocycles. The van der Waals surface area contributed by atoms with Gasteiger partial charge in [-0.3, -0.25) is 0 Å². The van der Waals surface area contributed by atoms with E-state index in [1.165, 1.54) is 18.2 Å².